The van der Waals surface area contributed by atoms with E-state index < -0.39 is 111 Å². The Morgan fingerprint density at radius 3 is 1.79 bits per heavy atom. The molecular weight excluding hydrogens is 472 g/mol. The lowest BCUT2D eigenvalue weighted by Crippen LogP contribution is -2.76. The third-order valence-electron chi connectivity index (χ3n) is 6.54. The summed E-state index contributed by atoms with van der Waals surface area (Å²) in [6, 6.07) is 0. The van der Waals surface area contributed by atoms with E-state index in [4.69, 9.17) is 18.9 Å². The van der Waals surface area contributed by atoms with Gasteiger partial charge in [0, 0.05) is 0 Å². The van der Waals surface area contributed by atoms with Crippen LogP contribution in [0, 0.1) is 0 Å². The van der Waals surface area contributed by atoms with Crippen LogP contribution in [0.15, 0.2) is 0 Å². The van der Waals surface area contributed by atoms with Gasteiger partial charge in [-0.25, -0.2) is 0 Å². The second-order valence-corrected chi connectivity index (χ2v) is 8.60. The highest BCUT2D eigenvalue weighted by Crippen LogP contribution is 2.40. The maximum absolute atomic E-state index is 10.7. The minimum atomic E-state index is -2.52. The first-order valence-electron chi connectivity index (χ1n) is 10.5. The van der Waals surface area contributed by atoms with Crippen LogP contribution in [0.4, 0.5) is 0 Å². The summed E-state index contributed by atoms with van der Waals surface area (Å²) < 4.78 is 21.3. The number of aliphatic hydroxyl groups excluding tert-OH is 12. The molecule has 3 fully saturated rings. The molecular formula is C18H32O16. The number of aliphatic hydroxyl groups is 12. The van der Waals surface area contributed by atoms with E-state index in [-0.39, 0.29) is 0 Å². The SMILES string of the molecule is OC[C@H]1OC([C@]2(CO)O[C@@H](O[C@H]3[C@H](O)[C@@H](O)C(O)O[C@@H]3CO)[C@H](O)[C@@H](O)[C@H]2O)[C@H](O)[C@@H](O)[C@H]1O. The van der Waals surface area contributed by atoms with E-state index in [9.17, 15) is 61.3 Å². The average molecular weight is 504 g/mol. The largest absolute Gasteiger partial charge is 0.394 e. The number of ether oxygens (including phenoxy) is 4. The van der Waals surface area contributed by atoms with Crippen molar-refractivity contribution in [3.63, 3.8) is 0 Å². The van der Waals surface area contributed by atoms with Gasteiger partial charge in [0.05, 0.1) is 19.8 Å². The van der Waals surface area contributed by atoms with Crippen LogP contribution in [-0.4, -0.2) is 173 Å². The minimum Gasteiger partial charge on any atom is -0.394 e. The van der Waals surface area contributed by atoms with Crippen molar-refractivity contribution in [2.24, 2.45) is 0 Å². The summed E-state index contributed by atoms with van der Waals surface area (Å²) in [7, 11) is 0. The summed E-state index contributed by atoms with van der Waals surface area (Å²) in [5, 5.41) is 121. The van der Waals surface area contributed by atoms with Crippen molar-refractivity contribution in [3.05, 3.63) is 0 Å². The summed E-state index contributed by atoms with van der Waals surface area (Å²) in [6.07, 6.45) is -26.4. The fourth-order valence-electron chi connectivity index (χ4n) is 4.45. The molecule has 3 rings (SSSR count). The monoisotopic (exact) mass is 504 g/mol. The van der Waals surface area contributed by atoms with Gasteiger partial charge < -0.3 is 80.2 Å². The van der Waals surface area contributed by atoms with Crippen LogP contribution in [0.5, 0.6) is 0 Å². The Labute approximate surface area is 192 Å². The van der Waals surface area contributed by atoms with E-state index in [1.807, 2.05) is 0 Å². The maximum atomic E-state index is 10.7. The molecule has 200 valence electrons. The predicted octanol–water partition coefficient (Wildman–Crippen LogP) is -8.18. The molecule has 0 saturated carbocycles. The van der Waals surface area contributed by atoms with Crippen molar-refractivity contribution in [1.29, 1.82) is 0 Å². The molecule has 12 N–H and O–H groups in total. The first-order chi connectivity index (χ1) is 15.9. The highest BCUT2D eigenvalue weighted by molar-refractivity contribution is 5.10. The highest BCUT2D eigenvalue weighted by Gasteiger charge is 2.63. The van der Waals surface area contributed by atoms with Gasteiger partial charge in [-0.15, -0.1) is 0 Å². The van der Waals surface area contributed by atoms with Gasteiger partial charge in [-0.1, -0.05) is 0 Å². The van der Waals surface area contributed by atoms with Crippen LogP contribution < -0.4 is 0 Å². The molecule has 34 heavy (non-hydrogen) atoms. The van der Waals surface area contributed by atoms with Crippen LogP contribution in [0.2, 0.25) is 0 Å². The summed E-state index contributed by atoms with van der Waals surface area (Å²) in [5.41, 5.74) is -2.52. The predicted molar refractivity (Wildman–Crippen MR) is 101 cm³/mol. The van der Waals surface area contributed by atoms with Gasteiger partial charge >= 0.3 is 0 Å². The zero-order valence-electron chi connectivity index (χ0n) is 17.7. The van der Waals surface area contributed by atoms with Crippen molar-refractivity contribution in [3.8, 4) is 0 Å². The minimum absolute atomic E-state index is 0.836. The van der Waals surface area contributed by atoms with Gasteiger partial charge in [0.25, 0.3) is 0 Å². The molecule has 0 aromatic rings. The summed E-state index contributed by atoms with van der Waals surface area (Å²) >= 11 is 0. The number of rotatable bonds is 6. The highest BCUT2D eigenvalue weighted by atomic mass is 16.7. The van der Waals surface area contributed by atoms with Crippen LogP contribution in [0.3, 0.4) is 0 Å². The Balaban J connectivity index is 1.92. The van der Waals surface area contributed by atoms with E-state index in [1.165, 1.54) is 0 Å². The fraction of sp³-hybridized carbons (Fsp3) is 1.00. The van der Waals surface area contributed by atoms with Crippen LogP contribution >= 0.6 is 0 Å². The zero-order chi connectivity index (χ0) is 25.5. The first kappa shape index (κ1) is 27.9. The lowest BCUT2D eigenvalue weighted by atomic mass is 9.77. The van der Waals surface area contributed by atoms with Crippen LogP contribution in [0.25, 0.3) is 0 Å². The van der Waals surface area contributed by atoms with Crippen molar-refractivity contribution >= 4 is 0 Å². The molecule has 3 aliphatic rings. The molecule has 0 bridgehead atoms. The second-order valence-electron chi connectivity index (χ2n) is 8.60. The molecule has 3 heterocycles. The molecule has 16 nitrogen and oxygen atoms in total. The van der Waals surface area contributed by atoms with E-state index in [2.05, 4.69) is 0 Å². The zero-order valence-corrected chi connectivity index (χ0v) is 17.7. The molecule has 0 aromatic carbocycles. The Morgan fingerprint density at radius 1 is 0.618 bits per heavy atom. The number of hydrogen-bond acceptors (Lipinski definition) is 16. The molecule has 0 aromatic heterocycles. The van der Waals surface area contributed by atoms with E-state index in [1.54, 1.807) is 0 Å². The van der Waals surface area contributed by atoms with E-state index >= 15 is 0 Å². The molecule has 0 radical (unpaired) electrons. The molecule has 3 aliphatic heterocycles. The standard InChI is InChI=1S/C18H32O16/c19-1-4-6(22)7(23)10(26)15(31-4)18(3-21)14(29)9(25)12(28)17(34-18)33-13-5(2-20)32-16(30)11(27)8(13)24/h4-17,19-30H,1-3H2/t4-,5-,6+,7+,8-,9-,10-,11-,12-,13-,14-,15?,16?,17-,18-/m1/s1. The Hall–Kier alpha value is -0.640. The summed E-state index contributed by atoms with van der Waals surface area (Å²) in [5.74, 6) is 0. The van der Waals surface area contributed by atoms with Crippen molar-refractivity contribution in [2.75, 3.05) is 19.8 Å². The molecule has 0 spiro atoms. The Kier molecular flexibility index (Phi) is 8.85. The summed E-state index contributed by atoms with van der Waals surface area (Å²) in [4.78, 5) is 0. The normalized spacial score (nSPS) is 54.7. The number of hydrogen-bond donors (Lipinski definition) is 12. The average Bonchev–Trinajstić information content (AvgIpc) is 2.83. The molecule has 3 saturated heterocycles. The summed E-state index contributed by atoms with van der Waals surface area (Å²) in [6.45, 7) is -2.90. The Morgan fingerprint density at radius 2 is 1.24 bits per heavy atom. The lowest BCUT2D eigenvalue weighted by molar-refractivity contribution is -0.401. The van der Waals surface area contributed by atoms with Gasteiger partial charge in [0.2, 0.25) is 0 Å². The van der Waals surface area contributed by atoms with Crippen molar-refractivity contribution < 1.29 is 80.2 Å². The van der Waals surface area contributed by atoms with E-state index in [0.717, 1.165) is 0 Å². The maximum Gasteiger partial charge on any atom is 0.187 e. The van der Waals surface area contributed by atoms with Gasteiger partial charge in [-0.2, -0.15) is 0 Å². The first-order valence-corrected chi connectivity index (χ1v) is 10.5. The molecule has 15 atom stereocenters. The Bertz CT molecular complexity index is 666. The van der Waals surface area contributed by atoms with Crippen molar-refractivity contribution in [1.82, 2.24) is 0 Å². The molecule has 2 unspecified atom stereocenters. The molecule has 16 heteroatoms. The van der Waals surface area contributed by atoms with Gasteiger partial charge in [0.1, 0.15) is 73.2 Å². The van der Waals surface area contributed by atoms with Gasteiger partial charge in [-0.3, -0.25) is 0 Å². The topological polar surface area (TPSA) is 280 Å². The van der Waals surface area contributed by atoms with E-state index in [0.29, 0.717) is 0 Å². The van der Waals surface area contributed by atoms with Gasteiger partial charge in [-0.05, 0) is 0 Å². The quantitative estimate of drug-likeness (QED) is 0.160. The van der Waals surface area contributed by atoms with Crippen LogP contribution in [-0.2, 0) is 18.9 Å². The second kappa shape index (κ2) is 10.8. The van der Waals surface area contributed by atoms with Crippen LogP contribution in [0.1, 0.15) is 0 Å². The van der Waals surface area contributed by atoms with Crippen molar-refractivity contribution in [2.45, 2.75) is 91.4 Å². The molecule has 0 amide bonds. The smallest absolute Gasteiger partial charge is 0.187 e. The molecule has 0 aliphatic carbocycles. The van der Waals surface area contributed by atoms with Gasteiger partial charge in [0.15, 0.2) is 18.2 Å². The third-order valence-corrected chi connectivity index (χ3v) is 6.54. The lowest BCUT2D eigenvalue weighted by Gasteiger charge is -2.55. The fourth-order valence-corrected chi connectivity index (χ4v) is 4.45. The third kappa shape index (κ3) is 4.59.